The lowest BCUT2D eigenvalue weighted by molar-refractivity contribution is -0.384. The van der Waals surface area contributed by atoms with Gasteiger partial charge < -0.3 is 9.40 Å². The van der Waals surface area contributed by atoms with Gasteiger partial charge in [-0.2, -0.15) is 5.26 Å². The fourth-order valence-corrected chi connectivity index (χ4v) is 3.50. The highest BCUT2D eigenvalue weighted by atomic mass is 79.9. The van der Waals surface area contributed by atoms with E-state index < -0.39 is 4.92 Å². The van der Waals surface area contributed by atoms with Gasteiger partial charge in [0, 0.05) is 28.2 Å². The minimum absolute atomic E-state index is 0.0146. The Balaban J connectivity index is 1.68. The number of furan rings is 1. The second-order valence-electron chi connectivity index (χ2n) is 6.40. The highest BCUT2D eigenvalue weighted by Crippen LogP contribution is 2.33. The van der Waals surface area contributed by atoms with Crippen LogP contribution in [0.15, 0.2) is 57.4 Å². The Morgan fingerprint density at radius 3 is 2.83 bits per heavy atom. The number of aromatic nitrogens is 2. The number of fused-ring (bicyclic) bond motifs is 1. The number of hydrogen-bond acceptors (Lipinski definition) is 5. The van der Waals surface area contributed by atoms with E-state index in [4.69, 9.17) is 4.42 Å². The maximum atomic E-state index is 10.9. The molecule has 4 aromatic rings. The minimum Gasteiger partial charge on any atom is -0.457 e. The lowest BCUT2D eigenvalue weighted by atomic mass is 10.1. The first-order chi connectivity index (χ1) is 13.9. The number of benzene rings is 2. The highest BCUT2D eigenvalue weighted by Gasteiger charge is 2.14. The van der Waals surface area contributed by atoms with E-state index in [-0.39, 0.29) is 5.69 Å². The zero-order valence-corrected chi connectivity index (χ0v) is 16.7. The van der Waals surface area contributed by atoms with Gasteiger partial charge in [-0.05, 0) is 58.7 Å². The van der Waals surface area contributed by atoms with Gasteiger partial charge >= 0.3 is 0 Å². The molecule has 2 aromatic heterocycles. The highest BCUT2D eigenvalue weighted by molar-refractivity contribution is 9.10. The first kappa shape index (κ1) is 18.7. The van der Waals surface area contributed by atoms with Crippen molar-refractivity contribution in [1.82, 2.24) is 9.97 Å². The average Bonchev–Trinajstić information content (AvgIpc) is 3.32. The van der Waals surface area contributed by atoms with Crippen molar-refractivity contribution in [2.75, 3.05) is 0 Å². The summed E-state index contributed by atoms with van der Waals surface area (Å²) in [6.07, 6.45) is 1.60. The van der Waals surface area contributed by atoms with Crippen LogP contribution in [0.4, 0.5) is 5.69 Å². The van der Waals surface area contributed by atoms with Crippen LogP contribution in [0, 0.1) is 28.4 Å². The molecule has 0 amide bonds. The molecule has 0 bridgehead atoms. The topological polar surface area (TPSA) is 109 Å². The normalized spacial score (nSPS) is 11.6. The Morgan fingerprint density at radius 1 is 1.28 bits per heavy atom. The number of imidazole rings is 1. The molecule has 0 atom stereocenters. The molecule has 0 radical (unpaired) electrons. The monoisotopic (exact) mass is 448 g/mol. The number of nitro groups is 1. The number of allylic oxidation sites excluding steroid dienone is 1. The Bertz CT molecular complexity index is 1330. The molecule has 0 aliphatic heterocycles. The van der Waals surface area contributed by atoms with Crippen molar-refractivity contribution in [3.63, 3.8) is 0 Å². The molecule has 2 aromatic carbocycles. The quantitative estimate of drug-likeness (QED) is 0.238. The summed E-state index contributed by atoms with van der Waals surface area (Å²) in [5.41, 5.74) is 3.73. The van der Waals surface area contributed by atoms with E-state index in [2.05, 4.69) is 32.0 Å². The summed E-state index contributed by atoms with van der Waals surface area (Å²) in [4.78, 5) is 18.1. The Morgan fingerprint density at radius 2 is 2.10 bits per heavy atom. The minimum atomic E-state index is -0.459. The number of halogens is 1. The molecule has 4 rings (SSSR count). The van der Waals surface area contributed by atoms with E-state index in [1.54, 1.807) is 24.3 Å². The Kier molecular flexibility index (Phi) is 4.74. The number of non-ortho nitro benzene ring substituents is 1. The predicted octanol–water partition coefficient (Wildman–Crippen LogP) is 5.87. The molecule has 8 heteroatoms. The second kappa shape index (κ2) is 7.37. The standard InChI is InChI=1S/C21H13BrN4O3/c1-12-2-6-18-19(8-12)25-21(24-18)13(11-23)9-15-4-7-20(29-15)16-5-3-14(26(27)28)10-17(16)22/h2-10H,1H3,(H,24,25)/b13-9+. The third-order valence-corrected chi connectivity index (χ3v) is 5.01. The maximum absolute atomic E-state index is 10.9. The largest absolute Gasteiger partial charge is 0.457 e. The number of rotatable bonds is 4. The van der Waals surface area contributed by atoms with Gasteiger partial charge in [0.1, 0.15) is 23.4 Å². The summed E-state index contributed by atoms with van der Waals surface area (Å²) in [5, 5.41) is 20.5. The summed E-state index contributed by atoms with van der Waals surface area (Å²) >= 11 is 3.34. The molecule has 0 spiro atoms. The number of nitro benzene ring substituents is 1. The third kappa shape index (κ3) is 3.68. The van der Waals surface area contributed by atoms with Crippen molar-refractivity contribution in [3.8, 4) is 17.4 Å². The molecular formula is C21H13BrN4O3. The van der Waals surface area contributed by atoms with Gasteiger partial charge in [0.15, 0.2) is 0 Å². The number of aromatic amines is 1. The Hall–Kier alpha value is -3.70. The summed E-state index contributed by atoms with van der Waals surface area (Å²) in [6.45, 7) is 1.99. The smallest absolute Gasteiger partial charge is 0.270 e. The number of H-pyrrole nitrogens is 1. The van der Waals surface area contributed by atoms with E-state index >= 15 is 0 Å². The molecule has 0 saturated heterocycles. The third-order valence-electron chi connectivity index (χ3n) is 4.36. The average molecular weight is 449 g/mol. The van der Waals surface area contributed by atoms with Crippen molar-refractivity contribution < 1.29 is 9.34 Å². The van der Waals surface area contributed by atoms with Crippen molar-refractivity contribution in [1.29, 1.82) is 5.26 Å². The first-order valence-corrected chi connectivity index (χ1v) is 9.36. The van der Waals surface area contributed by atoms with Gasteiger partial charge in [-0.3, -0.25) is 10.1 Å². The van der Waals surface area contributed by atoms with Crippen molar-refractivity contribution >= 4 is 44.3 Å². The van der Waals surface area contributed by atoms with Crippen LogP contribution in [0.1, 0.15) is 17.1 Å². The summed E-state index contributed by atoms with van der Waals surface area (Å²) in [6, 6.07) is 15.9. The molecule has 1 N–H and O–H groups in total. The molecule has 7 nitrogen and oxygen atoms in total. The van der Waals surface area contributed by atoms with Crippen molar-refractivity contribution in [2.45, 2.75) is 6.92 Å². The number of nitrogens with one attached hydrogen (secondary N) is 1. The van der Waals surface area contributed by atoms with Gasteiger partial charge in [0.25, 0.3) is 5.69 Å². The van der Waals surface area contributed by atoms with Gasteiger partial charge in [0.2, 0.25) is 0 Å². The van der Waals surface area contributed by atoms with Gasteiger partial charge in [-0.15, -0.1) is 0 Å². The van der Waals surface area contributed by atoms with Crippen LogP contribution in [0.3, 0.4) is 0 Å². The molecule has 0 aliphatic carbocycles. The number of aryl methyl sites for hydroxylation is 1. The molecule has 0 aliphatic rings. The SMILES string of the molecule is Cc1ccc2nc(/C(C#N)=C/c3ccc(-c4ccc([N+](=O)[O-])cc4Br)o3)[nH]c2c1. The van der Waals surface area contributed by atoms with Crippen LogP contribution in [-0.2, 0) is 0 Å². The van der Waals surface area contributed by atoms with E-state index in [9.17, 15) is 15.4 Å². The lowest BCUT2D eigenvalue weighted by Crippen LogP contribution is -1.88. The van der Waals surface area contributed by atoms with Crippen LogP contribution in [0.25, 0.3) is 34.0 Å². The Labute approximate surface area is 173 Å². The number of nitrogens with zero attached hydrogens (tertiary/aromatic N) is 3. The first-order valence-electron chi connectivity index (χ1n) is 8.57. The molecule has 2 heterocycles. The summed E-state index contributed by atoms with van der Waals surface area (Å²) in [5.74, 6) is 1.46. The van der Waals surface area contributed by atoms with Gasteiger partial charge in [-0.25, -0.2) is 4.98 Å². The zero-order valence-electron chi connectivity index (χ0n) is 15.1. The zero-order chi connectivity index (χ0) is 20.5. The van der Waals surface area contributed by atoms with E-state index in [0.717, 1.165) is 16.6 Å². The molecule has 0 unspecified atom stereocenters. The molecular weight excluding hydrogens is 436 g/mol. The maximum Gasteiger partial charge on any atom is 0.270 e. The van der Waals surface area contributed by atoms with Gasteiger partial charge in [-0.1, -0.05) is 6.07 Å². The fourth-order valence-electron chi connectivity index (χ4n) is 2.94. The summed E-state index contributed by atoms with van der Waals surface area (Å²) < 4.78 is 6.37. The number of nitriles is 1. The van der Waals surface area contributed by atoms with Crippen molar-refractivity contribution in [3.05, 3.63) is 80.3 Å². The molecule has 142 valence electrons. The predicted molar refractivity (Wildman–Crippen MR) is 113 cm³/mol. The van der Waals surface area contributed by atoms with E-state index in [1.807, 2.05) is 25.1 Å². The number of hydrogen-bond donors (Lipinski definition) is 1. The van der Waals surface area contributed by atoms with Crippen LogP contribution in [0.5, 0.6) is 0 Å². The fraction of sp³-hybridized carbons (Fsp3) is 0.0476. The van der Waals surface area contributed by atoms with Crippen LogP contribution in [0.2, 0.25) is 0 Å². The molecule has 0 fully saturated rings. The van der Waals surface area contributed by atoms with Crippen molar-refractivity contribution in [2.24, 2.45) is 0 Å². The molecule has 0 saturated carbocycles. The van der Waals surface area contributed by atoms with Crippen LogP contribution in [-0.4, -0.2) is 14.9 Å². The van der Waals surface area contributed by atoms with E-state index in [0.29, 0.717) is 33.0 Å². The summed E-state index contributed by atoms with van der Waals surface area (Å²) in [7, 11) is 0. The van der Waals surface area contributed by atoms with E-state index in [1.165, 1.54) is 12.1 Å². The van der Waals surface area contributed by atoms with Crippen LogP contribution >= 0.6 is 15.9 Å². The molecule has 29 heavy (non-hydrogen) atoms. The lowest BCUT2D eigenvalue weighted by Gasteiger charge is -2.01. The van der Waals surface area contributed by atoms with Crippen LogP contribution < -0.4 is 0 Å². The van der Waals surface area contributed by atoms with Gasteiger partial charge in [0.05, 0.1) is 21.5 Å². The second-order valence-corrected chi connectivity index (χ2v) is 7.25.